The minimum absolute atomic E-state index is 0.280. The van der Waals surface area contributed by atoms with E-state index in [9.17, 15) is 14.4 Å². The third-order valence-electron chi connectivity index (χ3n) is 5.03. The molecule has 0 aromatic heterocycles. The maximum absolute atomic E-state index is 12.5. The van der Waals surface area contributed by atoms with E-state index in [2.05, 4.69) is 26.1 Å². The Kier molecular flexibility index (Phi) is 6.26. The summed E-state index contributed by atoms with van der Waals surface area (Å²) >= 11 is 5.83. The van der Waals surface area contributed by atoms with E-state index in [1.807, 2.05) is 0 Å². The molecule has 3 amide bonds. The summed E-state index contributed by atoms with van der Waals surface area (Å²) in [6.07, 6.45) is 1.48. The molecule has 1 saturated heterocycles. The molecule has 2 aromatic rings. The Morgan fingerprint density at radius 2 is 1.87 bits per heavy atom. The van der Waals surface area contributed by atoms with E-state index in [0.717, 1.165) is 31.7 Å². The molecule has 160 valence electrons. The summed E-state index contributed by atoms with van der Waals surface area (Å²) in [7, 11) is 0. The van der Waals surface area contributed by atoms with Crippen molar-refractivity contribution in [2.24, 2.45) is 5.10 Å². The molecule has 2 aliphatic heterocycles. The SMILES string of the molecule is O=C(N/N=C/c1ccc(Cl)cc1)Nc1ccc2c(c1)C(=O)C(=O)N2CN1CCNCC1. The Labute approximate surface area is 184 Å². The Balaban J connectivity index is 1.39. The first-order chi connectivity index (χ1) is 15.0. The molecule has 0 unspecified atom stereocenters. The average Bonchev–Trinajstić information content (AvgIpc) is 3.00. The van der Waals surface area contributed by atoms with Gasteiger partial charge >= 0.3 is 11.9 Å². The van der Waals surface area contributed by atoms with Crippen molar-refractivity contribution in [1.29, 1.82) is 0 Å². The van der Waals surface area contributed by atoms with Crippen LogP contribution in [0.3, 0.4) is 0 Å². The maximum Gasteiger partial charge on any atom is 0.339 e. The Morgan fingerprint density at radius 1 is 1.13 bits per heavy atom. The number of anilines is 2. The molecule has 0 atom stereocenters. The first kappa shape index (κ1) is 21.0. The van der Waals surface area contributed by atoms with Crippen LogP contribution in [-0.4, -0.2) is 61.7 Å². The summed E-state index contributed by atoms with van der Waals surface area (Å²) < 4.78 is 0. The lowest BCUT2D eigenvalue weighted by molar-refractivity contribution is -0.114. The highest BCUT2D eigenvalue weighted by molar-refractivity contribution is 6.52. The number of nitrogens with zero attached hydrogens (tertiary/aromatic N) is 3. The molecule has 9 nitrogen and oxygen atoms in total. The van der Waals surface area contributed by atoms with Crippen LogP contribution < -0.4 is 21.0 Å². The van der Waals surface area contributed by atoms with Gasteiger partial charge in [-0.05, 0) is 35.9 Å². The fraction of sp³-hybridized carbons (Fsp3) is 0.238. The first-order valence-corrected chi connectivity index (χ1v) is 10.2. The van der Waals surface area contributed by atoms with Crippen molar-refractivity contribution in [1.82, 2.24) is 15.6 Å². The predicted octanol–water partition coefficient (Wildman–Crippen LogP) is 1.89. The second-order valence-electron chi connectivity index (χ2n) is 7.18. The highest BCUT2D eigenvalue weighted by atomic mass is 35.5. The summed E-state index contributed by atoms with van der Waals surface area (Å²) in [5, 5.41) is 10.4. The molecule has 0 saturated carbocycles. The van der Waals surface area contributed by atoms with Crippen molar-refractivity contribution < 1.29 is 14.4 Å². The number of Topliss-reactive ketones (excluding diaryl/α,β-unsaturated/α-hetero) is 1. The highest BCUT2D eigenvalue weighted by Crippen LogP contribution is 2.31. The van der Waals surface area contributed by atoms with Gasteiger partial charge in [-0.1, -0.05) is 23.7 Å². The van der Waals surface area contributed by atoms with Crippen molar-refractivity contribution in [2.75, 3.05) is 43.1 Å². The van der Waals surface area contributed by atoms with Crippen LogP contribution in [0.5, 0.6) is 0 Å². The summed E-state index contributed by atoms with van der Waals surface area (Å²) in [6.45, 7) is 3.68. The molecule has 0 radical (unpaired) electrons. The third kappa shape index (κ3) is 4.91. The van der Waals surface area contributed by atoms with Crippen molar-refractivity contribution >= 4 is 46.9 Å². The number of hydrazone groups is 1. The molecule has 0 bridgehead atoms. The van der Waals surface area contributed by atoms with Gasteiger partial charge in [0, 0.05) is 36.9 Å². The average molecular weight is 441 g/mol. The van der Waals surface area contributed by atoms with Crippen LogP contribution in [0.1, 0.15) is 15.9 Å². The van der Waals surface area contributed by atoms with Crippen LogP contribution >= 0.6 is 11.6 Å². The molecule has 3 N–H and O–H groups in total. The molecule has 1 fully saturated rings. The van der Waals surface area contributed by atoms with Crippen molar-refractivity contribution in [3.63, 3.8) is 0 Å². The number of hydrogen-bond acceptors (Lipinski definition) is 6. The molecule has 31 heavy (non-hydrogen) atoms. The van der Waals surface area contributed by atoms with Crippen molar-refractivity contribution in [3.05, 3.63) is 58.6 Å². The second-order valence-corrected chi connectivity index (χ2v) is 7.62. The fourth-order valence-corrected chi connectivity index (χ4v) is 3.57. The molecular formula is C21H21ClN6O3. The number of urea groups is 1. The van der Waals surface area contributed by atoms with Crippen LogP contribution in [0.2, 0.25) is 5.02 Å². The number of nitrogens with one attached hydrogen (secondary N) is 3. The standard InChI is InChI=1S/C21H21ClN6O3/c22-15-3-1-14(2-4-15)12-24-26-21(31)25-16-5-6-18-17(11-16)19(29)20(30)28(18)13-27-9-7-23-8-10-27/h1-6,11-12,23H,7-10,13H2,(H2,25,26,31)/b24-12+. The van der Waals surface area contributed by atoms with E-state index < -0.39 is 17.7 Å². The Bertz CT molecular complexity index is 1030. The van der Waals surface area contributed by atoms with Gasteiger partial charge in [-0.3, -0.25) is 19.4 Å². The number of benzene rings is 2. The number of rotatable bonds is 5. The van der Waals surface area contributed by atoms with Gasteiger partial charge in [-0.25, -0.2) is 10.2 Å². The quantitative estimate of drug-likeness (QED) is 0.374. The van der Waals surface area contributed by atoms with Gasteiger partial charge in [0.2, 0.25) is 0 Å². The monoisotopic (exact) mass is 440 g/mol. The van der Waals surface area contributed by atoms with E-state index in [1.54, 1.807) is 36.4 Å². The molecule has 4 rings (SSSR count). The number of amides is 3. The first-order valence-electron chi connectivity index (χ1n) is 9.80. The molecule has 0 spiro atoms. The van der Waals surface area contributed by atoms with Crippen LogP contribution in [0.4, 0.5) is 16.2 Å². The largest absolute Gasteiger partial charge is 0.339 e. The minimum Gasteiger partial charge on any atom is -0.314 e. The van der Waals surface area contributed by atoms with Gasteiger partial charge in [0.15, 0.2) is 0 Å². The zero-order valence-electron chi connectivity index (χ0n) is 16.6. The number of hydrogen-bond donors (Lipinski definition) is 3. The number of carbonyl (C=O) groups is 3. The third-order valence-corrected chi connectivity index (χ3v) is 5.28. The van der Waals surface area contributed by atoms with E-state index in [-0.39, 0.29) is 5.56 Å². The summed E-state index contributed by atoms with van der Waals surface area (Å²) in [6, 6.07) is 11.2. The van der Waals surface area contributed by atoms with Crippen molar-refractivity contribution in [2.45, 2.75) is 0 Å². The van der Waals surface area contributed by atoms with Crippen LogP contribution in [0.15, 0.2) is 47.6 Å². The lowest BCUT2D eigenvalue weighted by Crippen LogP contribution is -2.49. The van der Waals surface area contributed by atoms with Gasteiger partial charge in [0.25, 0.3) is 5.78 Å². The Hall–Kier alpha value is -3.27. The number of halogens is 1. The van der Waals surface area contributed by atoms with Gasteiger partial charge in [0.1, 0.15) is 0 Å². The van der Waals surface area contributed by atoms with Crippen LogP contribution in [0, 0.1) is 0 Å². The zero-order chi connectivity index (χ0) is 21.8. The molecule has 2 heterocycles. The Morgan fingerprint density at radius 3 is 2.61 bits per heavy atom. The number of piperazine rings is 1. The number of ketones is 1. The normalized spacial score (nSPS) is 16.6. The lowest BCUT2D eigenvalue weighted by Gasteiger charge is -2.31. The molecular weight excluding hydrogens is 420 g/mol. The molecule has 0 aliphatic carbocycles. The topological polar surface area (TPSA) is 106 Å². The summed E-state index contributed by atoms with van der Waals surface area (Å²) in [4.78, 5) is 40.6. The molecule has 2 aliphatic rings. The lowest BCUT2D eigenvalue weighted by atomic mass is 10.1. The summed E-state index contributed by atoms with van der Waals surface area (Å²) in [5.41, 5.74) is 4.36. The molecule has 10 heteroatoms. The van der Waals surface area contributed by atoms with E-state index in [4.69, 9.17) is 11.6 Å². The van der Waals surface area contributed by atoms with E-state index in [1.165, 1.54) is 17.2 Å². The molecule has 2 aromatic carbocycles. The van der Waals surface area contributed by atoms with Gasteiger partial charge in [0.05, 0.1) is 24.1 Å². The van der Waals surface area contributed by atoms with Crippen LogP contribution in [-0.2, 0) is 4.79 Å². The van der Waals surface area contributed by atoms with E-state index >= 15 is 0 Å². The van der Waals surface area contributed by atoms with Gasteiger partial charge < -0.3 is 10.6 Å². The highest BCUT2D eigenvalue weighted by Gasteiger charge is 2.37. The van der Waals surface area contributed by atoms with Crippen molar-refractivity contribution in [3.8, 4) is 0 Å². The predicted molar refractivity (Wildman–Crippen MR) is 119 cm³/mol. The van der Waals surface area contributed by atoms with E-state index in [0.29, 0.717) is 23.1 Å². The second kappa shape index (κ2) is 9.25. The number of fused-ring (bicyclic) bond motifs is 1. The van der Waals surface area contributed by atoms with Crippen LogP contribution in [0.25, 0.3) is 0 Å². The fourth-order valence-electron chi connectivity index (χ4n) is 3.44. The minimum atomic E-state index is -0.574. The zero-order valence-corrected chi connectivity index (χ0v) is 17.4. The van der Waals surface area contributed by atoms with Gasteiger partial charge in [-0.2, -0.15) is 5.10 Å². The maximum atomic E-state index is 12.5. The van der Waals surface area contributed by atoms with Gasteiger partial charge in [-0.15, -0.1) is 0 Å². The number of carbonyl (C=O) groups excluding carboxylic acids is 3. The summed E-state index contributed by atoms with van der Waals surface area (Å²) in [5.74, 6) is -1.13. The smallest absolute Gasteiger partial charge is 0.314 e.